The monoisotopic (exact) mass is 338 g/mol. The van der Waals surface area contributed by atoms with E-state index in [2.05, 4.69) is 45.0 Å². The van der Waals surface area contributed by atoms with Crippen molar-refractivity contribution in [3.05, 3.63) is 48.3 Å². The molecule has 1 saturated heterocycles. The highest BCUT2D eigenvalue weighted by Gasteiger charge is 2.18. The Balaban J connectivity index is 1.55. The van der Waals surface area contributed by atoms with Crippen LogP contribution in [0.15, 0.2) is 47.8 Å². The van der Waals surface area contributed by atoms with Gasteiger partial charge in [-0.25, -0.2) is 4.98 Å². The molecule has 0 aliphatic carbocycles. The van der Waals surface area contributed by atoms with Gasteiger partial charge in [0.25, 0.3) is 0 Å². The second kappa shape index (κ2) is 8.72. The predicted octanol–water partition coefficient (Wildman–Crippen LogP) is 2.91. The zero-order valence-corrected chi connectivity index (χ0v) is 14.6. The predicted molar refractivity (Wildman–Crippen MR) is 100 cm³/mol. The smallest absolute Gasteiger partial charge is 0.148 e. The molecule has 0 N–H and O–H groups in total. The van der Waals surface area contributed by atoms with Crippen LogP contribution in [0.3, 0.4) is 0 Å². The highest BCUT2D eigenvalue weighted by atomic mass is 32.2. The molecule has 0 spiro atoms. The number of rotatable bonds is 6. The van der Waals surface area contributed by atoms with E-state index < -0.39 is 0 Å². The Morgan fingerprint density at radius 1 is 1.08 bits per heavy atom. The summed E-state index contributed by atoms with van der Waals surface area (Å²) in [5.74, 6) is 4.60. The Hall–Kier alpha value is -2.03. The van der Waals surface area contributed by atoms with Gasteiger partial charge in [0.05, 0.1) is 12.4 Å². The van der Waals surface area contributed by atoms with Crippen molar-refractivity contribution in [3.63, 3.8) is 0 Å². The van der Waals surface area contributed by atoms with Crippen LogP contribution in [0.2, 0.25) is 0 Å². The van der Waals surface area contributed by atoms with Crippen LogP contribution < -0.4 is 4.90 Å². The topological polar surface area (TPSA) is 32.3 Å². The molecular formula is C19H22N4S. The summed E-state index contributed by atoms with van der Waals surface area (Å²) in [5.41, 5.74) is 1.30. The minimum Gasteiger partial charge on any atom is -0.353 e. The summed E-state index contributed by atoms with van der Waals surface area (Å²) in [4.78, 5) is 13.9. The molecule has 4 nitrogen and oxygen atoms in total. The van der Waals surface area contributed by atoms with Gasteiger partial charge in [-0.15, -0.1) is 24.1 Å². The Bertz CT molecular complexity index is 675. The third-order valence-corrected chi connectivity index (χ3v) is 5.07. The van der Waals surface area contributed by atoms with Gasteiger partial charge in [-0.3, -0.25) is 9.88 Å². The van der Waals surface area contributed by atoms with Crippen LogP contribution in [0.25, 0.3) is 0 Å². The first-order chi connectivity index (χ1) is 11.8. The number of terminal acetylenes is 1. The lowest BCUT2D eigenvalue weighted by Crippen LogP contribution is -2.46. The van der Waals surface area contributed by atoms with Crippen molar-refractivity contribution in [1.29, 1.82) is 0 Å². The first kappa shape index (κ1) is 16.8. The highest BCUT2D eigenvalue weighted by molar-refractivity contribution is 7.98. The third-order valence-electron chi connectivity index (χ3n) is 4.10. The van der Waals surface area contributed by atoms with Crippen LogP contribution in [-0.4, -0.2) is 47.6 Å². The number of thioether (sulfide) groups is 1. The van der Waals surface area contributed by atoms with E-state index in [-0.39, 0.29) is 0 Å². The number of benzene rings is 1. The summed E-state index contributed by atoms with van der Waals surface area (Å²) < 4.78 is 0. The number of hydrogen-bond donors (Lipinski definition) is 0. The molecule has 2 heterocycles. The van der Waals surface area contributed by atoms with E-state index in [9.17, 15) is 0 Å². The molecule has 0 bridgehead atoms. The minimum absolute atomic E-state index is 0.825. The van der Waals surface area contributed by atoms with Crippen molar-refractivity contribution < 1.29 is 0 Å². The molecule has 24 heavy (non-hydrogen) atoms. The zero-order valence-electron chi connectivity index (χ0n) is 13.8. The van der Waals surface area contributed by atoms with Gasteiger partial charge in [-0.1, -0.05) is 30.3 Å². The maximum Gasteiger partial charge on any atom is 0.148 e. The molecule has 1 aromatic heterocycles. The summed E-state index contributed by atoms with van der Waals surface area (Å²) in [6, 6.07) is 10.5. The van der Waals surface area contributed by atoms with Gasteiger partial charge in [0, 0.05) is 44.9 Å². The molecule has 1 aromatic carbocycles. The summed E-state index contributed by atoms with van der Waals surface area (Å²) in [5, 5.41) is 0.978. The van der Waals surface area contributed by atoms with Gasteiger partial charge in [0.2, 0.25) is 0 Å². The van der Waals surface area contributed by atoms with Crippen LogP contribution in [0.1, 0.15) is 12.0 Å². The van der Waals surface area contributed by atoms with Crippen molar-refractivity contribution >= 4 is 17.6 Å². The van der Waals surface area contributed by atoms with Crippen molar-refractivity contribution in [2.75, 3.05) is 37.6 Å². The fourth-order valence-electron chi connectivity index (χ4n) is 2.71. The number of anilines is 1. The number of aromatic nitrogens is 2. The quantitative estimate of drug-likeness (QED) is 0.597. The summed E-state index contributed by atoms with van der Waals surface area (Å²) >= 11 is 1.73. The van der Waals surface area contributed by atoms with Gasteiger partial charge < -0.3 is 4.90 Å². The lowest BCUT2D eigenvalue weighted by molar-refractivity contribution is 0.263. The van der Waals surface area contributed by atoms with E-state index in [0.717, 1.165) is 55.7 Å². The van der Waals surface area contributed by atoms with Gasteiger partial charge in [-0.2, -0.15) is 0 Å². The zero-order chi connectivity index (χ0) is 16.6. The van der Waals surface area contributed by atoms with E-state index in [1.54, 1.807) is 11.8 Å². The molecule has 0 saturated carbocycles. The SMILES string of the molecule is C#CCCN1CCN(c2cncc(SCc3ccccc3)n2)CC1. The molecule has 3 rings (SSSR count). The normalized spacial score (nSPS) is 15.2. The standard InChI is InChI=1S/C19H22N4S/c1-2-3-9-22-10-12-23(13-11-22)18-14-20-15-19(21-18)24-16-17-7-5-4-6-8-17/h1,4-8,14-15H,3,9-13,16H2. The number of nitrogens with zero attached hydrogens (tertiary/aromatic N) is 4. The molecule has 0 radical (unpaired) electrons. The van der Waals surface area contributed by atoms with Gasteiger partial charge in [0.1, 0.15) is 10.8 Å². The number of hydrogen-bond acceptors (Lipinski definition) is 5. The summed E-state index contributed by atoms with van der Waals surface area (Å²) in [6.45, 7) is 5.01. The second-order valence-electron chi connectivity index (χ2n) is 5.77. The van der Waals surface area contributed by atoms with Crippen LogP contribution >= 0.6 is 11.8 Å². The highest BCUT2D eigenvalue weighted by Crippen LogP contribution is 2.22. The van der Waals surface area contributed by atoms with E-state index >= 15 is 0 Å². The first-order valence-electron chi connectivity index (χ1n) is 8.24. The Kier molecular flexibility index (Phi) is 6.11. The van der Waals surface area contributed by atoms with E-state index in [1.165, 1.54) is 5.56 Å². The lowest BCUT2D eigenvalue weighted by Gasteiger charge is -2.35. The molecule has 2 aromatic rings. The minimum atomic E-state index is 0.825. The molecule has 1 fully saturated rings. The summed E-state index contributed by atoms with van der Waals surface area (Å²) in [6.07, 6.45) is 9.88. The Morgan fingerprint density at radius 2 is 1.88 bits per heavy atom. The Morgan fingerprint density at radius 3 is 2.62 bits per heavy atom. The molecule has 0 amide bonds. The van der Waals surface area contributed by atoms with E-state index in [1.807, 2.05) is 18.5 Å². The molecule has 0 atom stereocenters. The van der Waals surface area contributed by atoms with Gasteiger partial charge in [-0.05, 0) is 5.56 Å². The van der Waals surface area contributed by atoms with Gasteiger partial charge >= 0.3 is 0 Å². The fourth-order valence-corrected chi connectivity index (χ4v) is 3.52. The van der Waals surface area contributed by atoms with Crippen molar-refractivity contribution in [2.45, 2.75) is 17.2 Å². The first-order valence-corrected chi connectivity index (χ1v) is 9.23. The maximum absolute atomic E-state index is 5.34. The molecule has 0 unspecified atom stereocenters. The van der Waals surface area contributed by atoms with Crippen molar-refractivity contribution in [2.24, 2.45) is 0 Å². The van der Waals surface area contributed by atoms with Crippen LogP contribution in [0, 0.1) is 12.3 Å². The average molecular weight is 338 g/mol. The largest absolute Gasteiger partial charge is 0.353 e. The van der Waals surface area contributed by atoms with Crippen molar-refractivity contribution in [3.8, 4) is 12.3 Å². The fraction of sp³-hybridized carbons (Fsp3) is 0.368. The lowest BCUT2D eigenvalue weighted by atomic mass is 10.2. The molecule has 1 aliphatic rings. The van der Waals surface area contributed by atoms with E-state index in [0.29, 0.717) is 0 Å². The third kappa shape index (κ3) is 4.73. The van der Waals surface area contributed by atoms with Crippen molar-refractivity contribution in [1.82, 2.24) is 14.9 Å². The molecule has 1 aliphatic heterocycles. The number of piperazine rings is 1. The second-order valence-corrected chi connectivity index (χ2v) is 6.77. The molecular weight excluding hydrogens is 316 g/mol. The average Bonchev–Trinajstić information content (AvgIpc) is 2.66. The van der Waals surface area contributed by atoms with Crippen LogP contribution in [0.5, 0.6) is 0 Å². The molecule has 124 valence electrons. The van der Waals surface area contributed by atoms with Crippen LogP contribution in [-0.2, 0) is 5.75 Å². The maximum atomic E-state index is 5.34. The molecule has 5 heteroatoms. The van der Waals surface area contributed by atoms with Crippen LogP contribution in [0.4, 0.5) is 5.82 Å². The van der Waals surface area contributed by atoms with E-state index in [4.69, 9.17) is 11.4 Å². The summed E-state index contributed by atoms with van der Waals surface area (Å²) in [7, 11) is 0. The Labute approximate surface area is 148 Å². The van der Waals surface area contributed by atoms with Gasteiger partial charge in [0.15, 0.2) is 0 Å².